The second-order valence-electron chi connectivity index (χ2n) is 10.2. The molecule has 2 amide bonds. The van der Waals surface area contributed by atoms with Crippen LogP contribution in [0.5, 0.6) is 0 Å². The Morgan fingerprint density at radius 3 is 2.53 bits per heavy atom. The van der Waals surface area contributed by atoms with Crippen LogP contribution >= 0.6 is 0 Å². The van der Waals surface area contributed by atoms with Gasteiger partial charge in [-0.05, 0) is 77.6 Å². The fraction of sp³-hybridized carbons (Fsp3) is 0.560. The summed E-state index contributed by atoms with van der Waals surface area (Å²) < 4.78 is 1.98. The third-order valence-electron chi connectivity index (χ3n) is 6.07. The molecule has 7 nitrogen and oxygen atoms in total. The van der Waals surface area contributed by atoms with Crippen molar-refractivity contribution in [3.05, 3.63) is 41.7 Å². The monoisotopic (exact) mass is 437 g/mol. The Morgan fingerprint density at radius 2 is 1.88 bits per heavy atom. The van der Waals surface area contributed by atoms with Crippen LogP contribution in [0.15, 0.2) is 30.3 Å². The van der Waals surface area contributed by atoms with E-state index in [1.165, 1.54) is 12.8 Å². The topological polar surface area (TPSA) is 79.3 Å². The number of nitrogens with one attached hydrogen (secondary N) is 2. The summed E-state index contributed by atoms with van der Waals surface area (Å²) in [5, 5.41) is 10.5. The van der Waals surface area contributed by atoms with E-state index in [1.807, 2.05) is 35.9 Å². The molecular weight excluding hydrogens is 402 g/mol. The lowest BCUT2D eigenvalue weighted by molar-refractivity contribution is -0.116. The maximum absolute atomic E-state index is 12.8. The van der Waals surface area contributed by atoms with Crippen molar-refractivity contribution in [1.29, 1.82) is 0 Å². The summed E-state index contributed by atoms with van der Waals surface area (Å²) in [6.07, 6.45) is 4.93. The number of anilines is 2. The van der Waals surface area contributed by atoms with Crippen LogP contribution in [0.1, 0.15) is 81.9 Å². The molecule has 7 heteroatoms. The number of rotatable bonds is 7. The molecule has 1 saturated carbocycles. The van der Waals surface area contributed by atoms with Crippen LogP contribution in [0.3, 0.4) is 0 Å². The van der Waals surface area contributed by atoms with Gasteiger partial charge in [0, 0.05) is 48.5 Å². The van der Waals surface area contributed by atoms with Gasteiger partial charge in [0.15, 0.2) is 0 Å². The van der Waals surface area contributed by atoms with Gasteiger partial charge in [0.25, 0.3) is 5.91 Å². The normalized spacial score (nSPS) is 17.3. The van der Waals surface area contributed by atoms with Gasteiger partial charge in [-0.1, -0.05) is 6.07 Å². The zero-order chi connectivity index (χ0) is 22.9. The molecule has 1 aromatic carbocycles. The third kappa shape index (κ3) is 5.31. The first-order chi connectivity index (χ1) is 15.2. The fourth-order valence-corrected chi connectivity index (χ4v) is 4.31. The van der Waals surface area contributed by atoms with Crippen LogP contribution in [-0.2, 0) is 10.3 Å². The number of benzene rings is 1. The van der Waals surface area contributed by atoms with E-state index in [2.05, 4.69) is 47.5 Å². The molecule has 2 aliphatic rings. The first-order valence-corrected chi connectivity index (χ1v) is 11.8. The zero-order valence-electron chi connectivity index (χ0n) is 19.6. The number of amides is 2. The van der Waals surface area contributed by atoms with Gasteiger partial charge in [-0.15, -0.1) is 0 Å². The molecule has 1 aromatic heterocycles. The van der Waals surface area contributed by atoms with Crippen LogP contribution in [0.4, 0.5) is 11.4 Å². The van der Waals surface area contributed by atoms with Gasteiger partial charge in [-0.25, -0.2) is 0 Å². The predicted molar refractivity (Wildman–Crippen MR) is 127 cm³/mol. The van der Waals surface area contributed by atoms with Gasteiger partial charge in [-0.3, -0.25) is 14.3 Å². The van der Waals surface area contributed by atoms with E-state index in [9.17, 15) is 9.59 Å². The molecule has 1 atom stereocenters. The van der Waals surface area contributed by atoms with Crippen molar-refractivity contribution in [2.24, 2.45) is 0 Å². The Kier molecular flexibility index (Phi) is 6.26. The molecule has 1 aliphatic carbocycles. The molecule has 4 rings (SSSR count). The second-order valence-corrected chi connectivity index (χ2v) is 10.2. The van der Waals surface area contributed by atoms with Crippen molar-refractivity contribution in [2.45, 2.75) is 77.3 Å². The van der Waals surface area contributed by atoms with E-state index in [1.54, 1.807) is 0 Å². The summed E-state index contributed by atoms with van der Waals surface area (Å²) in [6.45, 7) is 10.3. The maximum Gasteiger partial charge on any atom is 0.272 e. The van der Waals surface area contributed by atoms with Crippen molar-refractivity contribution in [3.8, 4) is 0 Å². The summed E-state index contributed by atoms with van der Waals surface area (Å²) in [4.78, 5) is 27.7. The zero-order valence-corrected chi connectivity index (χ0v) is 19.6. The number of carbonyl (C=O) groups is 2. The number of nitrogens with zero attached hydrogens (tertiary/aromatic N) is 3. The highest BCUT2D eigenvalue weighted by molar-refractivity contribution is 5.94. The lowest BCUT2D eigenvalue weighted by Crippen LogP contribution is -2.36. The van der Waals surface area contributed by atoms with E-state index < -0.39 is 0 Å². The summed E-state index contributed by atoms with van der Waals surface area (Å²) in [6, 6.07) is 9.58. The third-order valence-corrected chi connectivity index (χ3v) is 6.07. The first kappa shape index (κ1) is 22.4. The van der Waals surface area contributed by atoms with E-state index in [4.69, 9.17) is 0 Å². The van der Waals surface area contributed by atoms with Crippen LogP contribution in [-0.4, -0.2) is 40.7 Å². The smallest absolute Gasteiger partial charge is 0.272 e. The molecule has 0 radical (unpaired) electrons. The predicted octanol–water partition coefficient (Wildman–Crippen LogP) is 4.26. The highest BCUT2D eigenvalue weighted by Gasteiger charge is 2.32. The molecule has 1 aliphatic heterocycles. The minimum absolute atomic E-state index is 0.115. The van der Waals surface area contributed by atoms with Crippen LogP contribution < -0.4 is 15.5 Å². The Labute approximate surface area is 190 Å². The summed E-state index contributed by atoms with van der Waals surface area (Å²) in [5.41, 5.74) is 3.31. The second kappa shape index (κ2) is 8.96. The molecule has 32 heavy (non-hydrogen) atoms. The van der Waals surface area contributed by atoms with Gasteiger partial charge in [0.1, 0.15) is 5.69 Å². The van der Waals surface area contributed by atoms with Gasteiger partial charge >= 0.3 is 0 Å². The lowest BCUT2D eigenvalue weighted by atomic mass is 10.1. The fourth-order valence-electron chi connectivity index (χ4n) is 4.31. The molecule has 0 bridgehead atoms. The number of aromatic nitrogens is 2. The van der Waals surface area contributed by atoms with E-state index >= 15 is 0 Å². The largest absolute Gasteiger partial charge is 0.371 e. The lowest BCUT2D eigenvalue weighted by Gasteiger charge is -2.22. The van der Waals surface area contributed by atoms with Gasteiger partial charge in [-0.2, -0.15) is 5.10 Å². The minimum Gasteiger partial charge on any atom is -0.371 e. The van der Waals surface area contributed by atoms with E-state index in [0.717, 1.165) is 43.0 Å². The highest BCUT2D eigenvalue weighted by Crippen LogP contribution is 2.41. The molecule has 2 aromatic rings. The standard InChI is InChI=1S/C25H35N5O2/c1-17(14-23(31)27-19-8-7-9-20(15-19)29-12-5-6-13-29)26-24(32)21-16-22(18-10-11-18)30(28-21)25(2,3)4/h7-9,15-18H,5-6,10-14H2,1-4H3,(H,26,32)(H,27,31). The number of hydrogen-bond acceptors (Lipinski definition) is 4. The van der Waals surface area contributed by atoms with Gasteiger partial charge < -0.3 is 15.5 Å². The first-order valence-electron chi connectivity index (χ1n) is 11.8. The van der Waals surface area contributed by atoms with Gasteiger partial charge in [0.05, 0.1) is 5.54 Å². The van der Waals surface area contributed by atoms with Gasteiger partial charge in [0.2, 0.25) is 5.91 Å². The number of hydrogen-bond donors (Lipinski definition) is 2. The van der Waals surface area contributed by atoms with Crippen molar-refractivity contribution >= 4 is 23.2 Å². The SMILES string of the molecule is CC(CC(=O)Nc1cccc(N2CCCC2)c1)NC(=O)c1cc(C2CC2)n(C(C)(C)C)n1. The molecule has 2 fully saturated rings. The Balaban J connectivity index is 1.33. The molecule has 1 unspecified atom stereocenters. The summed E-state index contributed by atoms with van der Waals surface area (Å²) >= 11 is 0. The molecule has 2 heterocycles. The molecular formula is C25H35N5O2. The van der Waals surface area contributed by atoms with Crippen molar-refractivity contribution < 1.29 is 9.59 Å². The average Bonchev–Trinajstić information content (AvgIpc) is 3.23. The minimum atomic E-state index is -0.298. The molecule has 172 valence electrons. The summed E-state index contributed by atoms with van der Waals surface area (Å²) in [7, 11) is 0. The van der Waals surface area contributed by atoms with Crippen molar-refractivity contribution in [2.75, 3.05) is 23.3 Å². The Bertz CT molecular complexity index is 980. The quantitative estimate of drug-likeness (QED) is 0.678. The number of carbonyl (C=O) groups excluding carboxylic acids is 2. The Morgan fingerprint density at radius 1 is 1.16 bits per heavy atom. The Hall–Kier alpha value is -2.83. The van der Waals surface area contributed by atoms with E-state index in [0.29, 0.717) is 11.6 Å². The van der Waals surface area contributed by atoms with E-state index in [-0.39, 0.29) is 29.8 Å². The van der Waals surface area contributed by atoms with Crippen LogP contribution in [0.25, 0.3) is 0 Å². The van der Waals surface area contributed by atoms with Crippen LogP contribution in [0, 0.1) is 0 Å². The summed E-state index contributed by atoms with van der Waals surface area (Å²) in [5.74, 6) is 0.157. The van der Waals surface area contributed by atoms with Crippen LogP contribution in [0.2, 0.25) is 0 Å². The molecule has 1 saturated heterocycles. The molecule has 0 spiro atoms. The van der Waals surface area contributed by atoms with Crippen molar-refractivity contribution in [1.82, 2.24) is 15.1 Å². The maximum atomic E-state index is 12.8. The average molecular weight is 438 g/mol. The molecule has 2 N–H and O–H groups in total. The van der Waals surface area contributed by atoms with Crippen molar-refractivity contribution in [3.63, 3.8) is 0 Å². The highest BCUT2D eigenvalue weighted by atomic mass is 16.2.